The summed E-state index contributed by atoms with van der Waals surface area (Å²) < 4.78 is 17.0. The number of pyridine rings is 1. The number of aryl methyl sites for hydroxylation is 1. The minimum Gasteiger partial charge on any atom is -0.444 e. The molecule has 1 spiro atoms. The van der Waals surface area contributed by atoms with Crippen molar-refractivity contribution in [3.63, 3.8) is 0 Å². The second-order valence-electron chi connectivity index (χ2n) is 8.01. The Bertz CT molecular complexity index is 766. The second kappa shape index (κ2) is 6.95. The smallest absolute Gasteiger partial charge is 0.410 e. The fourth-order valence-electron chi connectivity index (χ4n) is 3.43. The zero-order valence-corrected chi connectivity index (χ0v) is 17.1. The fraction of sp³-hybridized carbons (Fsp3) is 0.632. The van der Waals surface area contributed by atoms with Crippen LogP contribution in [0.3, 0.4) is 0 Å². The number of carbonyl (C=O) groups excluding carboxylic acids is 2. The number of ether oxygens (including phenoxy) is 3. The van der Waals surface area contributed by atoms with Crippen LogP contribution in [0, 0.1) is 6.92 Å². The average Bonchev–Trinajstić information content (AvgIpc) is 2.79. The molecule has 0 bridgehead atoms. The van der Waals surface area contributed by atoms with E-state index >= 15 is 0 Å². The molecule has 8 heteroatoms. The van der Waals surface area contributed by atoms with Gasteiger partial charge in [0, 0.05) is 38.4 Å². The lowest BCUT2D eigenvalue weighted by molar-refractivity contribution is -0.213. The van der Waals surface area contributed by atoms with Crippen LogP contribution in [-0.2, 0) is 24.6 Å². The highest BCUT2D eigenvalue weighted by Gasteiger charge is 2.50. The Labute approximate surface area is 163 Å². The second-order valence-corrected chi connectivity index (χ2v) is 8.42. The van der Waals surface area contributed by atoms with Crippen LogP contribution in [0.2, 0.25) is 5.02 Å². The molecule has 3 rings (SSSR count). The van der Waals surface area contributed by atoms with Crippen LogP contribution in [0.15, 0.2) is 6.07 Å². The number of nitrogens with zero attached hydrogens (tertiary/aromatic N) is 2. The van der Waals surface area contributed by atoms with E-state index in [0.29, 0.717) is 42.2 Å². The number of rotatable bonds is 1. The van der Waals surface area contributed by atoms with E-state index in [4.69, 9.17) is 25.8 Å². The first-order chi connectivity index (χ1) is 12.5. The van der Waals surface area contributed by atoms with Crippen molar-refractivity contribution in [3.8, 4) is 0 Å². The number of likely N-dealkylation sites (tertiary alicyclic amines) is 1. The summed E-state index contributed by atoms with van der Waals surface area (Å²) in [6, 6.07) is 1.75. The number of hydrogen-bond donors (Lipinski definition) is 0. The van der Waals surface area contributed by atoms with E-state index in [1.54, 1.807) is 11.0 Å². The van der Waals surface area contributed by atoms with Gasteiger partial charge in [0.1, 0.15) is 11.2 Å². The third-order valence-electron chi connectivity index (χ3n) is 4.69. The summed E-state index contributed by atoms with van der Waals surface area (Å²) in [5.74, 6) is -0.439. The summed E-state index contributed by atoms with van der Waals surface area (Å²) in [6.45, 7) is 9.61. The van der Waals surface area contributed by atoms with Crippen molar-refractivity contribution < 1.29 is 23.8 Å². The molecular weight excluding hydrogens is 372 g/mol. The highest BCUT2D eigenvalue weighted by atomic mass is 35.5. The number of carbonyl (C=O) groups is 2. The molecule has 0 aromatic carbocycles. The number of hydrogen-bond acceptors (Lipinski definition) is 6. The lowest BCUT2D eigenvalue weighted by Gasteiger charge is -2.39. The quantitative estimate of drug-likeness (QED) is 0.671. The first-order valence-electron chi connectivity index (χ1n) is 9.01. The van der Waals surface area contributed by atoms with Gasteiger partial charge < -0.3 is 19.1 Å². The molecule has 0 radical (unpaired) electrons. The van der Waals surface area contributed by atoms with E-state index in [1.165, 1.54) is 6.92 Å². The maximum atomic E-state index is 12.3. The molecule has 1 aromatic rings. The van der Waals surface area contributed by atoms with Crippen LogP contribution in [0.1, 0.15) is 63.8 Å². The summed E-state index contributed by atoms with van der Waals surface area (Å²) in [5.41, 5.74) is 0.851. The van der Waals surface area contributed by atoms with Crippen LogP contribution in [0.25, 0.3) is 0 Å². The van der Waals surface area contributed by atoms with Crippen LogP contribution in [0.5, 0.6) is 0 Å². The van der Waals surface area contributed by atoms with E-state index in [9.17, 15) is 9.59 Å². The highest BCUT2D eigenvalue weighted by molar-refractivity contribution is 6.31. The van der Waals surface area contributed by atoms with Gasteiger partial charge in [0.05, 0.1) is 16.4 Å². The predicted molar refractivity (Wildman–Crippen MR) is 98.3 cm³/mol. The molecule has 7 nitrogen and oxygen atoms in total. The van der Waals surface area contributed by atoms with Crippen molar-refractivity contribution in [1.82, 2.24) is 9.88 Å². The van der Waals surface area contributed by atoms with Gasteiger partial charge in [-0.05, 0) is 33.8 Å². The molecule has 1 amide bonds. The molecule has 1 unspecified atom stereocenters. The Morgan fingerprint density at radius 1 is 1.33 bits per heavy atom. The van der Waals surface area contributed by atoms with Crippen LogP contribution in [-0.4, -0.2) is 40.6 Å². The molecule has 2 aliphatic rings. The fourth-order valence-corrected chi connectivity index (χ4v) is 3.59. The summed E-state index contributed by atoms with van der Waals surface area (Å²) in [6.07, 6.45) is -0.112. The minimum absolute atomic E-state index is 0.340. The van der Waals surface area contributed by atoms with Gasteiger partial charge in [-0.25, -0.2) is 4.79 Å². The zero-order valence-electron chi connectivity index (χ0n) is 16.3. The molecule has 1 fully saturated rings. The largest absolute Gasteiger partial charge is 0.444 e. The number of halogens is 1. The number of amides is 1. The number of fused-ring (bicyclic) bond motifs is 2. The van der Waals surface area contributed by atoms with Crippen molar-refractivity contribution >= 4 is 23.7 Å². The first kappa shape index (κ1) is 19.9. The van der Waals surface area contributed by atoms with E-state index in [0.717, 1.165) is 5.69 Å². The third-order valence-corrected chi connectivity index (χ3v) is 5.08. The molecule has 2 aliphatic heterocycles. The molecule has 0 saturated carbocycles. The zero-order chi connectivity index (χ0) is 20.0. The Morgan fingerprint density at radius 2 is 1.96 bits per heavy atom. The van der Waals surface area contributed by atoms with Crippen LogP contribution >= 0.6 is 11.6 Å². The Hall–Kier alpha value is -1.86. The summed E-state index contributed by atoms with van der Waals surface area (Å²) in [4.78, 5) is 30.1. The van der Waals surface area contributed by atoms with Gasteiger partial charge in [0.2, 0.25) is 6.29 Å². The van der Waals surface area contributed by atoms with Gasteiger partial charge in [-0.1, -0.05) is 11.6 Å². The van der Waals surface area contributed by atoms with Crippen LogP contribution < -0.4 is 0 Å². The van der Waals surface area contributed by atoms with E-state index in [2.05, 4.69) is 4.98 Å². The molecular formula is C19H25ClN2O5. The van der Waals surface area contributed by atoms with Gasteiger partial charge >= 0.3 is 12.1 Å². The number of esters is 1. The summed E-state index contributed by atoms with van der Waals surface area (Å²) in [5, 5.41) is 0.498. The predicted octanol–water partition coefficient (Wildman–Crippen LogP) is 3.86. The molecule has 3 heterocycles. The first-order valence-corrected chi connectivity index (χ1v) is 9.39. The van der Waals surface area contributed by atoms with Crippen molar-refractivity contribution in [2.24, 2.45) is 0 Å². The Morgan fingerprint density at radius 3 is 2.52 bits per heavy atom. The Balaban J connectivity index is 1.83. The van der Waals surface area contributed by atoms with Crippen molar-refractivity contribution in [3.05, 3.63) is 28.0 Å². The van der Waals surface area contributed by atoms with E-state index < -0.39 is 23.5 Å². The molecule has 0 aliphatic carbocycles. The maximum Gasteiger partial charge on any atom is 0.410 e. The number of piperidine rings is 1. The molecule has 1 aromatic heterocycles. The van der Waals surface area contributed by atoms with Crippen molar-refractivity contribution in [1.29, 1.82) is 0 Å². The molecule has 1 saturated heterocycles. The standard InChI is InChI=1S/C19H25ClN2O5/c1-11-14(20)10-13-15(21-11)19(26-16(13)25-12(2)23)6-8-22(9-7-19)17(24)27-18(3,4)5/h10,16H,6-9H2,1-5H3. The molecule has 27 heavy (non-hydrogen) atoms. The van der Waals surface area contributed by atoms with Gasteiger partial charge in [0.15, 0.2) is 0 Å². The lowest BCUT2D eigenvalue weighted by Crippen LogP contribution is -2.47. The van der Waals surface area contributed by atoms with Gasteiger partial charge in [0.25, 0.3) is 0 Å². The SMILES string of the molecule is CC(=O)OC1OC2(CCN(C(=O)OC(C)(C)C)CC2)c2nc(C)c(Cl)cc21. The normalized spacial score (nSPS) is 21.1. The van der Waals surface area contributed by atoms with E-state index in [-0.39, 0.29) is 6.09 Å². The molecule has 0 N–H and O–H groups in total. The maximum absolute atomic E-state index is 12.3. The monoisotopic (exact) mass is 396 g/mol. The van der Waals surface area contributed by atoms with E-state index in [1.807, 2.05) is 27.7 Å². The van der Waals surface area contributed by atoms with Crippen molar-refractivity contribution in [2.45, 2.75) is 65.0 Å². The minimum atomic E-state index is -0.837. The number of aromatic nitrogens is 1. The third kappa shape index (κ3) is 4.04. The highest BCUT2D eigenvalue weighted by Crippen LogP contribution is 2.49. The summed E-state index contributed by atoms with van der Waals surface area (Å²) in [7, 11) is 0. The lowest BCUT2D eigenvalue weighted by atomic mass is 9.87. The van der Waals surface area contributed by atoms with Crippen molar-refractivity contribution in [2.75, 3.05) is 13.1 Å². The topological polar surface area (TPSA) is 78.0 Å². The average molecular weight is 397 g/mol. The Kier molecular flexibility index (Phi) is 5.12. The summed E-state index contributed by atoms with van der Waals surface area (Å²) >= 11 is 6.22. The molecule has 148 valence electrons. The van der Waals surface area contributed by atoms with Gasteiger partial charge in [-0.15, -0.1) is 0 Å². The van der Waals surface area contributed by atoms with Crippen LogP contribution in [0.4, 0.5) is 4.79 Å². The van der Waals surface area contributed by atoms with Gasteiger partial charge in [-0.2, -0.15) is 0 Å². The van der Waals surface area contributed by atoms with Gasteiger partial charge in [-0.3, -0.25) is 9.78 Å². The molecule has 1 atom stereocenters.